The van der Waals surface area contributed by atoms with Crippen LogP contribution in [0.4, 0.5) is 26.9 Å². The summed E-state index contributed by atoms with van der Waals surface area (Å²) in [7, 11) is 0. The van der Waals surface area contributed by atoms with Crippen LogP contribution >= 0.6 is 23.2 Å². The van der Waals surface area contributed by atoms with Gasteiger partial charge in [0.2, 0.25) is 0 Å². The molecule has 4 N–H and O–H groups in total. The van der Waals surface area contributed by atoms with Crippen molar-refractivity contribution in [2.45, 2.75) is 39.5 Å². The van der Waals surface area contributed by atoms with Crippen molar-refractivity contribution in [3.05, 3.63) is 76.5 Å². The summed E-state index contributed by atoms with van der Waals surface area (Å²) < 4.78 is 7.52. The second-order valence-electron chi connectivity index (χ2n) is 11.7. The molecule has 4 aromatic rings. The third-order valence-electron chi connectivity index (χ3n) is 7.01. The van der Waals surface area contributed by atoms with Crippen molar-refractivity contribution in [2.75, 3.05) is 29.0 Å². The summed E-state index contributed by atoms with van der Waals surface area (Å²) in [6.45, 7) is 9.57. The fourth-order valence-corrected chi connectivity index (χ4v) is 4.99. The van der Waals surface area contributed by atoms with Gasteiger partial charge in [-0.3, -0.25) is 10.6 Å². The molecule has 1 aliphatic heterocycles. The minimum atomic E-state index is -0.570. The lowest BCUT2D eigenvalue weighted by Crippen LogP contribution is -2.33. The third kappa shape index (κ3) is 7.17. The molecule has 11 nitrogen and oxygen atoms in total. The van der Waals surface area contributed by atoms with Crippen molar-refractivity contribution in [2.24, 2.45) is 5.92 Å². The predicted octanol–water partition coefficient (Wildman–Crippen LogP) is 7.89. The molecule has 4 amide bonds. The van der Waals surface area contributed by atoms with E-state index in [1.807, 2.05) is 20.8 Å². The van der Waals surface area contributed by atoms with E-state index in [0.29, 0.717) is 42.1 Å². The average Bonchev–Trinajstić information content (AvgIpc) is 3.60. The first kappa shape index (κ1) is 31.0. The molecule has 44 heavy (non-hydrogen) atoms. The number of aromatic hydroxyl groups is 1. The number of hydrogen-bond donors (Lipinski definition) is 4. The van der Waals surface area contributed by atoms with Crippen molar-refractivity contribution < 1.29 is 19.4 Å². The third-order valence-corrected chi connectivity index (χ3v) is 7.88. The Morgan fingerprint density at radius 2 is 1.75 bits per heavy atom. The molecule has 0 saturated carbocycles. The summed E-state index contributed by atoms with van der Waals surface area (Å²) in [5.74, 6) is 1.98. The monoisotopic (exact) mass is 637 g/mol. The normalized spacial score (nSPS) is 14.8. The van der Waals surface area contributed by atoms with Crippen LogP contribution in [0.25, 0.3) is 5.69 Å². The van der Waals surface area contributed by atoms with E-state index in [9.17, 15) is 14.7 Å². The molecule has 1 unspecified atom stereocenters. The maximum absolute atomic E-state index is 13.1. The van der Waals surface area contributed by atoms with Gasteiger partial charge >= 0.3 is 12.1 Å². The van der Waals surface area contributed by atoms with Crippen molar-refractivity contribution >= 4 is 52.6 Å². The molecule has 2 aromatic heterocycles. The maximum Gasteiger partial charge on any atom is 0.324 e. The summed E-state index contributed by atoms with van der Waals surface area (Å²) >= 11 is 13.1. The van der Waals surface area contributed by atoms with Crippen LogP contribution in [0.15, 0.2) is 60.8 Å². The molecule has 0 bridgehead atoms. The molecular formula is C31H33Cl2N7O4. The highest BCUT2D eigenvalue weighted by molar-refractivity contribution is 6.45. The van der Waals surface area contributed by atoms with E-state index in [1.165, 1.54) is 6.20 Å². The number of aromatic nitrogens is 3. The number of carbonyl (C=O) groups is 2. The number of benzene rings is 2. The van der Waals surface area contributed by atoms with E-state index in [1.54, 1.807) is 64.2 Å². The van der Waals surface area contributed by atoms with Gasteiger partial charge in [0.05, 0.1) is 22.1 Å². The number of carbonyl (C=O) groups excluding carboxylic acids is 2. The second-order valence-corrected chi connectivity index (χ2v) is 12.4. The number of urea groups is 2. The van der Waals surface area contributed by atoms with Gasteiger partial charge in [0.25, 0.3) is 0 Å². The van der Waals surface area contributed by atoms with Crippen molar-refractivity contribution in [1.82, 2.24) is 19.7 Å². The lowest BCUT2D eigenvalue weighted by Gasteiger charge is -2.17. The number of rotatable bonds is 6. The molecule has 230 valence electrons. The molecule has 3 heterocycles. The summed E-state index contributed by atoms with van der Waals surface area (Å²) in [5, 5.41) is 22.9. The zero-order valence-electron chi connectivity index (χ0n) is 24.7. The smallest absolute Gasteiger partial charge is 0.324 e. The number of hydrogen-bond acceptors (Lipinski definition) is 6. The van der Waals surface area contributed by atoms with Gasteiger partial charge in [-0.05, 0) is 54.8 Å². The summed E-state index contributed by atoms with van der Waals surface area (Å²) in [6, 6.07) is 13.8. The number of phenols is 1. The Balaban J connectivity index is 1.28. The van der Waals surface area contributed by atoms with E-state index in [-0.39, 0.29) is 38.7 Å². The quantitative estimate of drug-likeness (QED) is 0.170. The highest BCUT2D eigenvalue weighted by Gasteiger charge is 2.24. The highest BCUT2D eigenvalue weighted by atomic mass is 35.5. The van der Waals surface area contributed by atoms with E-state index >= 15 is 0 Å². The van der Waals surface area contributed by atoms with Gasteiger partial charge in [-0.25, -0.2) is 19.3 Å². The second kappa shape index (κ2) is 12.6. The number of nitrogens with one attached hydrogen (secondary N) is 3. The summed E-state index contributed by atoms with van der Waals surface area (Å²) in [6.07, 6.45) is 2.49. The SMILES string of the molecule is CC1CCN(C(=O)Nc2cc(Oc3ccc(NC(=O)Nc4cc(C(C)(C)C)nn4-c4ccc(O)cc4)c(Cl)c3Cl)ccn2)C1. The number of ether oxygens (including phenoxy) is 1. The largest absolute Gasteiger partial charge is 0.508 e. The fraction of sp³-hybridized carbons (Fsp3) is 0.290. The van der Waals surface area contributed by atoms with E-state index in [0.717, 1.165) is 12.1 Å². The van der Waals surface area contributed by atoms with Gasteiger partial charge in [0, 0.05) is 36.8 Å². The minimum Gasteiger partial charge on any atom is -0.508 e. The number of phenolic OH excluding ortho intramolecular Hbond substituents is 1. The molecule has 0 radical (unpaired) electrons. The van der Waals surface area contributed by atoms with Gasteiger partial charge in [-0.15, -0.1) is 0 Å². The number of amides is 4. The van der Waals surface area contributed by atoms with Crippen molar-refractivity contribution in [1.29, 1.82) is 0 Å². The number of anilines is 3. The Morgan fingerprint density at radius 1 is 1.00 bits per heavy atom. The Kier molecular flexibility index (Phi) is 8.89. The Bertz CT molecular complexity index is 1690. The Hall–Kier alpha value is -4.48. The lowest BCUT2D eigenvalue weighted by molar-refractivity contribution is 0.221. The Labute approximate surface area is 265 Å². The van der Waals surface area contributed by atoms with Gasteiger partial charge in [0.1, 0.15) is 33.9 Å². The van der Waals surface area contributed by atoms with Crippen LogP contribution in [0.1, 0.15) is 39.8 Å². The highest BCUT2D eigenvalue weighted by Crippen LogP contribution is 2.40. The molecule has 1 fully saturated rings. The average molecular weight is 639 g/mol. The van der Waals surface area contributed by atoms with Crippen LogP contribution in [-0.2, 0) is 5.41 Å². The molecule has 1 saturated heterocycles. The summed E-state index contributed by atoms with van der Waals surface area (Å²) in [5.41, 5.74) is 1.39. The van der Waals surface area contributed by atoms with E-state index in [4.69, 9.17) is 27.9 Å². The van der Waals surface area contributed by atoms with Crippen molar-refractivity contribution in [3.63, 3.8) is 0 Å². The maximum atomic E-state index is 13.1. The zero-order valence-corrected chi connectivity index (χ0v) is 26.2. The number of likely N-dealkylation sites (tertiary alicyclic amines) is 1. The topological polar surface area (TPSA) is 134 Å². The fourth-order valence-electron chi connectivity index (χ4n) is 4.58. The number of halogens is 2. The molecule has 13 heteroatoms. The first-order valence-corrected chi connectivity index (χ1v) is 14.8. The van der Waals surface area contributed by atoms with Crippen LogP contribution in [0, 0.1) is 5.92 Å². The lowest BCUT2D eigenvalue weighted by atomic mass is 9.92. The Morgan fingerprint density at radius 3 is 2.43 bits per heavy atom. The van der Waals surface area contributed by atoms with Crippen LogP contribution in [0.5, 0.6) is 17.2 Å². The minimum absolute atomic E-state index is 0.0764. The molecular weight excluding hydrogens is 605 g/mol. The standard InChI is InChI=1S/C31H33Cl2N7O4/c1-18-12-14-39(17-18)30(43)36-25-15-21(11-13-34-25)44-23-10-9-22(27(32)28(23)33)35-29(42)37-26-16-24(31(2,3)4)38-40(26)19-5-7-20(41)8-6-19/h5-11,13,15-16,18,41H,12,14,17H2,1-4H3,(H,34,36,43)(H2,35,37,42). The molecule has 5 rings (SSSR count). The molecule has 0 aliphatic carbocycles. The van der Waals surface area contributed by atoms with Gasteiger partial charge in [0.15, 0.2) is 0 Å². The number of pyridine rings is 1. The first-order chi connectivity index (χ1) is 20.9. The van der Waals surface area contributed by atoms with E-state index in [2.05, 4.69) is 33.0 Å². The van der Waals surface area contributed by atoms with Gasteiger partial charge in [-0.1, -0.05) is 50.9 Å². The van der Waals surface area contributed by atoms with Crippen LogP contribution in [0.3, 0.4) is 0 Å². The van der Waals surface area contributed by atoms with E-state index < -0.39 is 6.03 Å². The zero-order chi connectivity index (χ0) is 31.6. The van der Waals surface area contributed by atoms with Crippen molar-refractivity contribution in [3.8, 4) is 22.9 Å². The predicted molar refractivity (Wildman–Crippen MR) is 172 cm³/mol. The number of nitrogens with zero attached hydrogens (tertiary/aromatic N) is 4. The van der Waals surface area contributed by atoms with Gasteiger partial charge < -0.3 is 20.1 Å². The van der Waals surface area contributed by atoms with Gasteiger partial charge in [-0.2, -0.15) is 5.10 Å². The van der Waals surface area contributed by atoms with Crippen LogP contribution < -0.4 is 20.7 Å². The molecule has 2 aromatic carbocycles. The van der Waals surface area contributed by atoms with Crippen LogP contribution in [0.2, 0.25) is 10.0 Å². The summed E-state index contributed by atoms with van der Waals surface area (Å²) in [4.78, 5) is 31.6. The molecule has 0 spiro atoms. The molecule has 1 atom stereocenters. The molecule has 1 aliphatic rings. The van der Waals surface area contributed by atoms with Crippen LogP contribution in [-0.4, -0.2) is 49.9 Å². The first-order valence-electron chi connectivity index (χ1n) is 14.0.